The Morgan fingerprint density at radius 2 is 1.87 bits per heavy atom. The van der Waals surface area contributed by atoms with Crippen molar-refractivity contribution >= 4 is 17.7 Å². The molecule has 1 saturated carbocycles. The largest absolute Gasteiger partial charge is 0.371 e. The molecular weight excluding hydrogens is 496 g/mol. The Morgan fingerprint density at radius 3 is 2.49 bits per heavy atom. The third kappa shape index (κ3) is 5.72. The molecule has 2 aliphatic heterocycles. The first-order valence-corrected chi connectivity index (χ1v) is 13.8. The van der Waals surface area contributed by atoms with E-state index in [0.29, 0.717) is 39.3 Å². The lowest BCUT2D eigenvalue weighted by Gasteiger charge is -2.51. The van der Waals surface area contributed by atoms with Crippen molar-refractivity contribution < 1.29 is 19.1 Å². The highest BCUT2D eigenvalue weighted by Gasteiger charge is 2.61. The maximum atomic E-state index is 13.8. The summed E-state index contributed by atoms with van der Waals surface area (Å²) in [5.41, 5.74) is 1.69. The van der Waals surface area contributed by atoms with E-state index in [2.05, 4.69) is 39.3 Å². The lowest BCUT2D eigenvalue weighted by Crippen LogP contribution is -2.65. The average molecular weight is 537 g/mol. The minimum Gasteiger partial charge on any atom is -0.371 e. The molecule has 3 N–H and O–H groups in total. The molecule has 1 aliphatic carbocycles. The van der Waals surface area contributed by atoms with E-state index in [1.807, 2.05) is 35.2 Å². The second kappa shape index (κ2) is 10.7. The SMILES string of the molecule is CNC(=O)[C@@H](NC(=O)[C@H]1CN(Cc2cnc[nH]2)CC12CN(C(=O)[C@H]1CC1(C)C)C2)[C@@H](C)OCc1ccccc1. The van der Waals surface area contributed by atoms with Crippen LogP contribution < -0.4 is 10.6 Å². The standard InChI is InChI=1S/C29H40N6O4/c1-19(39-14-20-8-6-5-7-9-20)24(26(37)30-4)33-25(36)23-13-34(12-21-11-31-18-32-21)15-29(23)16-35(17-29)27(38)22-10-28(22,2)3/h5-9,11,18-19,22-24H,10,12-17H2,1-4H3,(H,30,37)(H,31,32)(H,33,36)/t19-,22-,23-,24+/m1/s1. The molecule has 4 atom stereocenters. The van der Waals surface area contributed by atoms with Crippen LogP contribution in [0.5, 0.6) is 0 Å². The van der Waals surface area contributed by atoms with Crippen molar-refractivity contribution in [1.29, 1.82) is 0 Å². The number of carbonyl (C=O) groups is 3. The first-order chi connectivity index (χ1) is 18.6. The van der Waals surface area contributed by atoms with E-state index < -0.39 is 12.1 Å². The molecule has 3 fully saturated rings. The van der Waals surface area contributed by atoms with Crippen molar-refractivity contribution in [3.63, 3.8) is 0 Å². The quantitative estimate of drug-likeness (QED) is 0.424. The molecule has 2 saturated heterocycles. The summed E-state index contributed by atoms with van der Waals surface area (Å²) < 4.78 is 6.01. The van der Waals surface area contributed by atoms with Gasteiger partial charge < -0.3 is 25.3 Å². The lowest BCUT2D eigenvalue weighted by molar-refractivity contribution is -0.152. The Morgan fingerprint density at radius 1 is 1.15 bits per heavy atom. The predicted octanol–water partition coefficient (Wildman–Crippen LogP) is 1.55. The zero-order chi connectivity index (χ0) is 27.8. The zero-order valence-corrected chi connectivity index (χ0v) is 23.3. The Bertz CT molecular complexity index is 1180. The number of nitrogens with one attached hydrogen (secondary N) is 3. The molecular formula is C29H40N6O4. The summed E-state index contributed by atoms with van der Waals surface area (Å²) in [5, 5.41) is 5.68. The van der Waals surface area contributed by atoms with Crippen LogP contribution in [0.4, 0.5) is 0 Å². The maximum absolute atomic E-state index is 13.8. The van der Waals surface area contributed by atoms with E-state index in [9.17, 15) is 14.4 Å². The van der Waals surface area contributed by atoms with Gasteiger partial charge in [0.25, 0.3) is 0 Å². The molecule has 1 spiro atoms. The van der Waals surface area contributed by atoms with Crippen LogP contribution in [0.15, 0.2) is 42.9 Å². The highest BCUT2D eigenvalue weighted by molar-refractivity contribution is 5.90. The van der Waals surface area contributed by atoms with Crippen molar-refractivity contribution in [2.45, 2.75) is 52.5 Å². The number of amides is 3. The fourth-order valence-electron chi connectivity index (χ4n) is 6.17. The number of hydrogen-bond donors (Lipinski definition) is 3. The van der Waals surface area contributed by atoms with Crippen LogP contribution in [0.1, 0.15) is 38.4 Å². The molecule has 39 heavy (non-hydrogen) atoms. The summed E-state index contributed by atoms with van der Waals surface area (Å²) in [6, 6.07) is 8.90. The number of rotatable bonds is 10. The number of imidazole rings is 1. The minimum atomic E-state index is -0.838. The van der Waals surface area contributed by atoms with Gasteiger partial charge in [-0.1, -0.05) is 44.2 Å². The van der Waals surface area contributed by atoms with Crippen molar-refractivity contribution in [2.24, 2.45) is 22.7 Å². The third-order valence-corrected chi connectivity index (χ3v) is 8.77. The summed E-state index contributed by atoms with van der Waals surface area (Å²) in [4.78, 5) is 51.2. The fraction of sp³-hybridized carbons (Fsp3) is 0.586. The van der Waals surface area contributed by atoms with E-state index >= 15 is 0 Å². The van der Waals surface area contributed by atoms with Crippen molar-refractivity contribution in [2.75, 3.05) is 33.2 Å². The molecule has 1 aromatic heterocycles. The van der Waals surface area contributed by atoms with E-state index in [0.717, 1.165) is 17.7 Å². The van der Waals surface area contributed by atoms with Crippen molar-refractivity contribution in [3.05, 3.63) is 54.1 Å². The van der Waals surface area contributed by atoms with Crippen LogP contribution in [0, 0.1) is 22.7 Å². The summed E-state index contributed by atoms with van der Waals surface area (Å²) in [5.74, 6) is -0.561. The Hall–Kier alpha value is -3.24. The number of benzene rings is 1. The van der Waals surface area contributed by atoms with Gasteiger partial charge in [-0.2, -0.15) is 0 Å². The number of carbonyl (C=O) groups excluding carboxylic acids is 3. The molecule has 1 aromatic carbocycles. The normalized spacial score (nSPS) is 24.6. The second-order valence-electron chi connectivity index (χ2n) is 12.2. The topological polar surface area (TPSA) is 120 Å². The minimum absolute atomic E-state index is 0.0650. The smallest absolute Gasteiger partial charge is 0.245 e. The number of nitrogens with zero attached hydrogens (tertiary/aromatic N) is 3. The number of likely N-dealkylation sites (tertiary alicyclic amines) is 2. The van der Waals surface area contributed by atoms with Crippen LogP contribution in [-0.2, 0) is 32.3 Å². The molecule has 5 rings (SSSR count). The number of hydrogen-bond acceptors (Lipinski definition) is 6. The van der Waals surface area contributed by atoms with Crippen LogP contribution >= 0.6 is 0 Å². The predicted molar refractivity (Wildman–Crippen MR) is 145 cm³/mol. The monoisotopic (exact) mass is 536 g/mol. The molecule has 3 amide bonds. The number of aromatic amines is 1. The molecule has 3 heterocycles. The van der Waals surface area contributed by atoms with Crippen LogP contribution in [0.2, 0.25) is 0 Å². The van der Waals surface area contributed by atoms with Crippen LogP contribution in [0.25, 0.3) is 0 Å². The third-order valence-electron chi connectivity index (χ3n) is 8.77. The van der Waals surface area contributed by atoms with Gasteiger partial charge >= 0.3 is 0 Å². The fourth-order valence-corrected chi connectivity index (χ4v) is 6.17. The first-order valence-electron chi connectivity index (χ1n) is 13.8. The van der Waals surface area contributed by atoms with Gasteiger partial charge in [-0.05, 0) is 24.3 Å². The second-order valence-corrected chi connectivity index (χ2v) is 12.2. The molecule has 0 bridgehead atoms. The molecule has 2 aromatic rings. The van der Waals surface area contributed by atoms with Gasteiger partial charge in [0.15, 0.2) is 0 Å². The number of likely N-dealkylation sites (N-methyl/N-ethyl adjacent to an activating group) is 1. The molecule has 0 radical (unpaired) electrons. The van der Waals surface area contributed by atoms with Gasteiger partial charge in [0.05, 0.1) is 25.0 Å². The summed E-state index contributed by atoms with van der Waals surface area (Å²) in [6.45, 7) is 9.40. The van der Waals surface area contributed by atoms with Crippen LogP contribution in [-0.4, -0.2) is 82.9 Å². The number of H-pyrrole nitrogens is 1. The van der Waals surface area contributed by atoms with Crippen molar-refractivity contribution in [1.82, 2.24) is 30.4 Å². The van der Waals surface area contributed by atoms with Gasteiger partial charge in [0.2, 0.25) is 17.7 Å². The van der Waals surface area contributed by atoms with E-state index in [4.69, 9.17) is 4.74 Å². The Kier molecular flexibility index (Phi) is 7.52. The zero-order valence-electron chi connectivity index (χ0n) is 23.3. The average Bonchev–Trinajstić information content (AvgIpc) is 3.23. The Balaban J connectivity index is 1.28. The molecule has 10 heteroatoms. The molecule has 210 valence electrons. The lowest BCUT2D eigenvalue weighted by atomic mass is 9.70. The summed E-state index contributed by atoms with van der Waals surface area (Å²) >= 11 is 0. The van der Waals surface area contributed by atoms with Gasteiger partial charge in [-0.3, -0.25) is 19.3 Å². The van der Waals surface area contributed by atoms with E-state index in [1.165, 1.54) is 0 Å². The summed E-state index contributed by atoms with van der Waals surface area (Å²) in [6.07, 6.45) is 3.82. The summed E-state index contributed by atoms with van der Waals surface area (Å²) in [7, 11) is 1.56. The first kappa shape index (κ1) is 27.3. The maximum Gasteiger partial charge on any atom is 0.245 e. The molecule has 0 unspecified atom stereocenters. The highest BCUT2D eigenvalue weighted by atomic mass is 16.5. The van der Waals surface area contributed by atoms with Crippen LogP contribution in [0.3, 0.4) is 0 Å². The Labute approximate surface area is 229 Å². The van der Waals surface area contributed by atoms with Gasteiger partial charge in [0.1, 0.15) is 6.04 Å². The van der Waals surface area contributed by atoms with Crippen molar-refractivity contribution in [3.8, 4) is 0 Å². The van der Waals surface area contributed by atoms with Gasteiger partial charge in [0, 0.05) is 63.0 Å². The number of ether oxygens (including phenoxy) is 1. The van der Waals surface area contributed by atoms with Gasteiger partial charge in [-0.15, -0.1) is 0 Å². The molecule has 10 nitrogen and oxygen atoms in total. The molecule has 3 aliphatic rings. The number of aromatic nitrogens is 2. The van der Waals surface area contributed by atoms with Gasteiger partial charge in [-0.25, -0.2) is 4.98 Å². The highest BCUT2D eigenvalue weighted by Crippen LogP contribution is 2.54. The van der Waals surface area contributed by atoms with E-state index in [-0.39, 0.29) is 40.4 Å². The van der Waals surface area contributed by atoms with E-state index in [1.54, 1.807) is 26.5 Å².